The van der Waals surface area contributed by atoms with Crippen molar-refractivity contribution < 1.29 is 28.3 Å². The first-order chi connectivity index (χ1) is 13.7. The molecule has 1 aromatic carbocycles. The van der Waals surface area contributed by atoms with Crippen molar-refractivity contribution in [2.45, 2.75) is 25.5 Å². The first-order valence-corrected chi connectivity index (χ1v) is 9.10. The third-order valence-corrected chi connectivity index (χ3v) is 4.58. The van der Waals surface area contributed by atoms with Crippen LogP contribution in [0.1, 0.15) is 41.0 Å². The van der Waals surface area contributed by atoms with Crippen molar-refractivity contribution in [2.75, 3.05) is 41.1 Å². The number of nitrogens with zero attached hydrogens (tertiary/aromatic N) is 3. The van der Waals surface area contributed by atoms with Gasteiger partial charge >= 0.3 is 0 Å². The van der Waals surface area contributed by atoms with Crippen LogP contribution in [0.5, 0.6) is 11.5 Å². The Kier molecular flexibility index (Phi) is 6.83. The summed E-state index contributed by atoms with van der Waals surface area (Å²) in [5, 5.41) is 4.05. The fourth-order valence-corrected chi connectivity index (χ4v) is 3.18. The molecule has 152 valence electrons. The molecule has 0 bridgehead atoms. The monoisotopic (exact) mass is 391 g/mol. The number of ether oxygens (including phenoxy) is 4. The predicted octanol–water partition coefficient (Wildman–Crippen LogP) is 2.23. The lowest BCUT2D eigenvalue weighted by Crippen LogP contribution is -2.31. The molecule has 1 unspecified atom stereocenters. The topological polar surface area (TPSA) is 96.2 Å². The third kappa shape index (κ3) is 4.42. The van der Waals surface area contributed by atoms with Crippen molar-refractivity contribution in [1.82, 2.24) is 15.0 Å². The number of aromatic nitrogens is 2. The zero-order valence-electron chi connectivity index (χ0n) is 16.3. The Morgan fingerprint density at radius 2 is 2.04 bits per heavy atom. The predicted molar refractivity (Wildman–Crippen MR) is 98.4 cm³/mol. The largest absolute Gasteiger partial charge is 0.493 e. The van der Waals surface area contributed by atoms with E-state index >= 15 is 0 Å². The maximum Gasteiger partial charge on any atom is 0.254 e. The van der Waals surface area contributed by atoms with Crippen molar-refractivity contribution in [3.63, 3.8) is 0 Å². The Labute approximate surface area is 163 Å². The summed E-state index contributed by atoms with van der Waals surface area (Å²) in [6.07, 6.45) is 1.65. The summed E-state index contributed by atoms with van der Waals surface area (Å²) in [6.45, 7) is 1.79. The standard InChI is InChI=1S/C19H25N3O6/c1-24-9-10-27-12-17-20-18(21-28-17)14-5-4-8-22(14)19(23)13-6-7-15(25-2)16(11-13)26-3/h6-7,11,14H,4-5,8-10,12H2,1-3H3. The quantitative estimate of drug-likeness (QED) is 0.601. The van der Waals surface area contributed by atoms with E-state index in [1.165, 1.54) is 0 Å². The van der Waals surface area contributed by atoms with E-state index in [-0.39, 0.29) is 18.6 Å². The van der Waals surface area contributed by atoms with Gasteiger partial charge in [-0.05, 0) is 31.0 Å². The maximum atomic E-state index is 13.1. The average Bonchev–Trinajstić information content (AvgIpc) is 3.39. The van der Waals surface area contributed by atoms with Crippen molar-refractivity contribution >= 4 is 5.91 Å². The van der Waals surface area contributed by atoms with Gasteiger partial charge in [0.25, 0.3) is 11.8 Å². The van der Waals surface area contributed by atoms with Crippen LogP contribution in [0.3, 0.4) is 0 Å². The number of benzene rings is 1. The average molecular weight is 391 g/mol. The minimum absolute atomic E-state index is 0.105. The lowest BCUT2D eigenvalue weighted by Gasteiger charge is -2.22. The maximum absolute atomic E-state index is 13.1. The minimum Gasteiger partial charge on any atom is -0.493 e. The van der Waals surface area contributed by atoms with Crippen LogP contribution in [0.15, 0.2) is 22.7 Å². The second-order valence-corrected chi connectivity index (χ2v) is 6.32. The highest BCUT2D eigenvalue weighted by molar-refractivity contribution is 5.95. The van der Waals surface area contributed by atoms with E-state index in [9.17, 15) is 4.79 Å². The number of hydrogen-bond donors (Lipinski definition) is 0. The Morgan fingerprint density at radius 3 is 2.79 bits per heavy atom. The zero-order valence-corrected chi connectivity index (χ0v) is 16.3. The highest BCUT2D eigenvalue weighted by Gasteiger charge is 2.34. The molecule has 9 nitrogen and oxygen atoms in total. The molecule has 1 aliphatic heterocycles. The van der Waals surface area contributed by atoms with Gasteiger partial charge < -0.3 is 28.4 Å². The highest BCUT2D eigenvalue weighted by Crippen LogP contribution is 2.33. The van der Waals surface area contributed by atoms with Crippen molar-refractivity contribution in [3.05, 3.63) is 35.5 Å². The van der Waals surface area contributed by atoms with Gasteiger partial charge in [-0.3, -0.25) is 4.79 Å². The number of amides is 1. The molecular formula is C19H25N3O6. The molecule has 1 aliphatic rings. The summed E-state index contributed by atoms with van der Waals surface area (Å²) in [5.74, 6) is 1.87. The summed E-state index contributed by atoms with van der Waals surface area (Å²) in [6, 6.07) is 4.91. The minimum atomic E-state index is -0.225. The number of carbonyl (C=O) groups excluding carboxylic acids is 1. The van der Waals surface area contributed by atoms with E-state index in [0.717, 1.165) is 12.8 Å². The van der Waals surface area contributed by atoms with Crippen LogP contribution in [0.2, 0.25) is 0 Å². The van der Waals surface area contributed by atoms with Gasteiger partial charge in [0.1, 0.15) is 6.61 Å². The van der Waals surface area contributed by atoms with Gasteiger partial charge in [-0.2, -0.15) is 4.98 Å². The molecule has 3 rings (SSSR count). The molecule has 0 aliphatic carbocycles. The van der Waals surface area contributed by atoms with Gasteiger partial charge in [-0.25, -0.2) is 0 Å². The molecule has 0 N–H and O–H groups in total. The smallest absolute Gasteiger partial charge is 0.254 e. The molecule has 1 aromatic heterocycles. The number of carbonyl (C=O) groups is 1. The summed E-state index contributed by atoms with van der Waals surface area (Å²) in [7, 11) is 4.71. The van der Waals surface area contributed by atoms with Gasteiger partial charge in [-0.1, -0.05) is 5.16 Å². The van der Waals surface area contributed by atoms with Crippen LogP contribution >= 0.6 is 0 Å². The Balaban J connectivity index is 1.71. The molecule has 0 saturated carbocycles. The normalized spacial score (nSPS) is 16.4. The van der Waals surface area contributed by atoms with Gasteiger partial charge in [0.15, 0.2) is 17.3 Å². The fraction of sp³-hybridized carbons (Fsp3) is 0.526. The first-order valence-electron chi connectivity index (χ1n) is 9.10. The second kappa shape index (κ2) is 9.52. The van der Waals surface area contributed by atoms with Crippen LogP contribution in [0.4, 0.5) is 0 Å². The Morgan fingerprint density at radius 1 is 1.21 bits per heavy atom. The van der Waals surface area contributed by atoms with Crippen molar-refractivity contribution in [3.8, 4) is 11.5 Å². The van der Waals surface area contributed by atoms with E-state index in [1.807, 2.05) is 0 Å². The zero-order chi connectivity index (χ0) is 19.9. The third-order valence-electron chi connectivity index (χ3n) is 4.58. The molecule has 9 heteroatoms. The first kappa shape index (κ1) is 20.1. The number of hydrogen-bond acceptors (Lipinski definition) is 8. The van der Waals surface area contributed by atoms with E-state index in [4.69, 9.17) is 23.5 Å². The molecule has 1 atom stereocenters. The van der Waals surface area contributed by atoms with Gasteiger partial charge in [0.05, 0.1) is 33.5 Å². The summed E-state index contributed by atoms with van der Waals surface area (Å²) in [4.78, 5) is 19.2. The summed E-state index contributed by atoms with van der Waals surface area (Å²) >= 11 is 0. The van der Waals surface area contributed by atoms with Crippen LogP contribution in [-0.2, 0) is 16.1 Å². The van der Waals surface area contributed by atoms with Crippen LogP contribution in [0.25, 0.3) is 0 Å². The number of likely N-dealkylation sites (tertiary alicyclic amines) is 1. The molecule has 1 fully saturated rings. The molecule has 2 heterocycles. The van der Waals surface area contributed by atoms with E-state index in [1.54, 1.807) is 44.4 Å². The van der Waals surface area contributed by atoms with Crippen LogP contribution in [0, 0.1) is 0 Å². The van der Waals surface area contributed by atoms with Gasteiger partial charge in [0, 0.05) is 19.2 Å². The summed E-state index contributed by atoms with van der Waals surface area (Å²) < 4.78 is 26.1. The molecule has 0 radical (unpaired) electrons. The molecule has 1 saturated heterocycles. The van der Waals surface area contributed by atoms with Crippen LogP contribution in [-0.4, -0.2) is 62.0 Å². The molecular weight excluding hydrogens is 366 g/mol. The van der Waals surface area contributed by atoms with Crippen molar-refractivity contribution in [2.24, 2.45) is 0 Å². The van der Waals surface area contributed by atoms with E-state index < -0.39 is 0 Å². The Bertz CT molecular complexity index is 794. The Hall–Kier alpha value is -2.65. The fourth-order valence-electron chi connectivity index (χ4n) is 3.18. The number of methoxy groups -OCH3 is 3. The SMILES string of the molecule is COCCOCc1nc(C2CCCN2C(=O)c2ccc(OC)c(OC)c2)no1. The van der Waals surface area contributed by atoms with Gasteiger partial charge in [-0.15, -0.1) is 0 Å². The lowest BCUT2D eigenvalue weighted by molar-refractivity contribution is 0.0494. The van der Waals surface area contributed by atoms with Crippen LogP contribution < -0.4 is 9.47 Å². The second-order valence-electron chi connectivity index (χ2n) is 6.32. The molecule has 1 amide bonds. The van der Waals surface area contributed by atoms with E-state index in [0.29, 0.717) is 48.5 Å². The summed E-state index contributed by atoms with van der Waals surface area (Å²) in [5.41, 5.74) is 0.524. The molecule has 2 aromatic rings. The lowest BCUT2D eigenvalue weighted by atomic mass is 10.1. The highest BCUT2D eigenvalue weighted by atomic mass is 16.5. The molecule has 28 heavy (non-hydrogen) atoms. The number of rotatable bonds is 9. The van der Waals surface area contributed by atoms with Gasteiger partial charge in [0.2, 0.25) is 0 Å². The van der Waals surface area contributed by atoms with E-state index in [2.05, 4.69) is 10.1 Å². The van der Waals surface area contributed by atoms with Crippen molar-refractivity contribution in [1.29, 1.82) is 0 Å². The molecule has 0 spiro atoms.